The number of hydrogen-bond acceptors (Lipinski definition) is 1. The van der Waals surface area contributed by atoms with Gasteiger partial charge in [0, 0.05) is 11.1 Å². The first-order chi connectivity index (χ1) is 10.2. The third-order valence-corrected chi connectivity index (χ3v) is 4.77. The van der Waals surface area contributed by atoms with E-state index in [0.29, 0.717) is 12.0 Å². The molecule has 2 heteroatoms. The van der Waals surface area contributed by atoms with Gasteiger partial charge in [0.1, 0.15) is 0 Å². The molecule has 1 nitrogen and oxygen atoms in total. The number of nitrogens with one attached hydrogen (secondary N) is 1. The molecule has 21 heavy (non-hydrogen) atoms. The Hall–Kier alpha value is -1.31. The molecule has 0 radical (unpaired) electrons. The van der Waals surface area contributed by atoms with Gasteiger partial charge in [0.2, 0.25) is 0 Å². The van der Waals surface area contributed by atoms with Crippen LogP contribution in [0.4, 0.5) is 0 Å². The fraction of sp³-hybridized carbons (Fsp3) is 0.368. The Morgan fingerprint density at radius 3 is 2.76 bits per heavy atom. The molecule has 110 valence electrons. The van der Waals surface area contributed by atoms with Crippen LogP contribution in [-0.4, -0.2) is 6.54 Å². The maximum absolute atomic E-state index is 6.09. The van der Waals surface area contributed by atoms with E-state index in [-0.39, 0.29) is 0 Å². The van der Waals surface area contributed by atoms with Crippen molar-refractivity contribution in [2.24, 2.45) is 0 Å². The zero-order valence-electron chi connectivity index (χ0n) is 12.7. The van der Waals surface area contributed by atoms with Gasteiger partial charge in [-0.25, -0.2) is 0 Å². The van der Waals surface area contributed by atoms with Crippen molar-refractivity contribution in [3.05, 3.63) is 69.7 Å². The van der Waals surface area contributed by atoms with Crippen LogP contribution < -0.4 is 5.32 Å². The van der Waals surface area contributed by atoms with Gasteiger partial charge in [0.05, 0.1) is 0 Å². The summed E-state index contributed by atoms with van der Waals surface area (Å²) in [6.07, 6.45) is 2.37. The second-order valence-corrected chi connectivity index (χ2v) is 6.38. The monoisotopic (exact) mass is 299 g/mol. The molecule has 0 aliphatic heterocycles. The van der Waals surface area contributed by atoms with E-state index in [1.807, 2.05) is 6.07 Å². The summed E-state index contributed by atoms with van der Waals surface area (Å²) in [5.41, 5.74) is 5.71. The number of aryl methyl sites for hydroxylation is 1. The molecule has 0 amide bonds. The lowest BCUT2D eigenvalue weighted by Gasteiger charge is -2.34. The second-order valence-electron chi connectivity index (χ2n) is 5.95. The van der Waals surface area contributed by atoms with Crippen molar-refractivity contribution in [1.29, 1.82) is 0 Å². The minimum atomic E-state index is 0.408. The number of rotatable bonds is 5. The molecule has 2 aromatic carbocycles. The van der Waals surface area contributed by atoms with Gasteiger partial charge >= 0.3 is 0 Å². The fourth-order valence-corrected chi connectivity index (χ4v) is 3.68. The third kappa shape index (κ3) is 3.00. The minimum Gasteiger partial charge on any atom is -0.310 e. The molecule has 2 unspecified atom stereocenters. The first-order valence-electron chi connectivity index (χ1n) is 7.76. The second kappa shape index (κ2) is 6.21. The number of benzene rings is 2. The van der Waals surface area contributed by atoms with Gasteiger partial charge in [-0.1, -0.05) is 48.9 Å². The summed E-state index contributed by atoms with van der Waals surface area (Å²) >= 11 is 6.09. The Kier molecular flexibility index (Phi) is 4.32. The summed E-state index contributed by atoms with van der Waals surface area (Å²) in [6, 6.07) is 15.5. The molecule has 0 fully saturated rings. The van der Waals surface area contributed by atoms with Crippen molar-refractivity contribution in [1.82, 2.24) is 5.32 Å². The summed E-state index contributed by atoms with van der Waals surface area (Å²) in [5, 5.41) is 4.47. The van der Waals surface area contributed by atoms with Crippen LogP contribution in [0, 0.1) is 6.92 Å². The van der Waals surface area contributed by atoms with Crippen LogP contribution in [0.25, 0.3) is 0 Å². The maximum Gasteiger partial charge on any atom is 0.0408 e. The van der Waals surface area contributed by atoms with Crippen molar-refractivity contribution in [3.63, 3.8) is 0 Å². The quantitative estimate of drug-likeness (QED) is 0.816. The topological polar surface area (TPSA) is 12.0 Å². The van der Waals surface area contributed by atoms with Gasteiger partial charge in [-0.2, -0.15) is 0 Å². The molecular weight excluding hydrogens is 278 g/mol. The summed E-state index contributed by atoms with van der Waals surface area (Å²) in [6.45, 7) is 5.31. The first-order valence-corrected chi connectivity index (χ1v) is 8.14. The van der Waals surface area contributed by atoms with Crippen LogP contribution in [0.15, 0.2) is 42.5 Å². The molecular formula is C19H22ClN. The van der Waals surface area contributed by atoms with Crippen LogP contribution >= 0.6 is 11.6 Å². The van der Waals surface area contributed by atoms with E-state index in [4.69, 9.17) is 11.6 Å². The lowest BCUT2D eigenvalue weighted by Crippen LogP contribution is -2.27. The zero-order chi connectivity index (χ0) is 14.8. The summed E-state index contributed by atoms with van der Waals surface area (Å²) in [4.78, 5) is 0. The predicted octanol–water partition coefficient (Wildman–Crippen LogP) is 5.03. The highest BCUT2D eigenvalue weighted by Crippen LogP contribution is 2.41. The zero-order valence-corrected chi connectivity index (χ0v) is 13.5. The van der Waals surface area contributed by atoms with E-state index in [0.717, 1.165) is 18.0 Å². The van der Waals surface area contributed by atoms with Crippen LogP contribution in [0.1, 0.15) is 47.6 Å². The van der Waals surface area contributed by atoms with Crippen molar-refractivity contribution in [2.75, 3.05) is 6.54 Å². The number of fused-ring (bicyclic) bond motifs is 1. The SMILES string of the molecule is CCNC(CC1Cc2ccccc21)c1ccc(Cl)cc1C. The van der Waals surface area contributed by atoms with Crippen molar-refractivity contribution in [3.8, 4) is 0 Å². The van der Waals surface area contributed by atoms with E-state index in [1.54, 1.807) is 0 Å². The van der Waals surface area contributed by atoms with Crippen LogP contribution in [0.5, 0.6) is 0 Å². The lowest BCUT2D eigenvalue weighted by atomic mass is 9.73. The molecule has 0 spiro atoms. The average Bonchev–Trinajstić information content (AvgIpc) is 2.44. The Labute approximate surface area is 132 Å². The minimum absolute atomic E-state index is 0.408. The predicted molar refractivity (Wildman–Crippen MR) is 90.1 cm³/mol. The van der Waals surface area contributed by atoms with E-state index < -0.39 is 0 Å². The van der Waals surface area contributed by atoms with E-state index in [2.05, 4.69) is 55.6 Å². The fourth-order valence-electron chi connectivity index (χ4n) is 3.45. The van der Waals surface area contributed by atoms with Gasteiger partial charge in [0.15, 0.2) is 0 Å². The summed E-state index contributed by atoms with van der Waals surface area (Å²) in [5.74, 6) is 0.681. The number of halogens is 1. The van der Waals surface area contributed by atoms with E-state index >= 15 is 0 Å². The average molecular weight is 300 g/mol. The smallest absolute Gasteiger partial charge is 0.0408 e. The van der Waals surface area contributed by atoms with Gasteiger partial charge in [-0.05, 0) is 66.6 Å². The molecule has 0 saturated heterocycles. The molecule has 3 rings (SSSR count). The Balaban J connectivity index is 1.80. The first kappa shape index (κ1) is 14.6. The molecule has 2 aromatic rings. The van der Waals surface area contributed by atoms with Gasteiger partial charge < -0.3 is 5.32 Å². The summed E-state index contributed by atoms with van der Waals surface area (Å²) < 4.78 is 0. The molecule has 1 N–H and O–H groups in total. The van der Waals surface area contributed by atoms with Crippen LogP contribution in [-0.2, 0) is 6.42 Å². The molecule has 2 atom stereocenters. The van der Waals surface area contributed by atoms with Crippen LogP contribution in [0.3, 0.4) is 0 Å². The van der Waals surface area contributed by atoms with Crippen molar-refractivity contribution >= 4 is 11.6 Å². The third-order valence-electron chi connectivity index (χ3n) is 4.54. The maximum atomic E-state index is 6.09. The van der Waals surface area contributed by atoms with Crippen molar-refractivity contribution in [2.45, 2.75) is 38.6 Å². The lowest BCUT2D eigenvalue weighted by molar-refractivity contribution is 0.434. The van der Waals surface area contributed by atoms with Crippen molar-refractivity contribution < 1.29 is 0 Å². The van der Waals surface area contributed by atoms with Crippen LogP contribution in [0.2, 0.25) is 5.02 Å². The highest BCUT2D eigenvalue weighted by Gasteiger charge is 2.28. The van der Waals surface area contributed by atoms with E-state index in [9.17, 15) is 0 Å². The standard InChI is InChI=1S/C19H22ClN/c1-3-21-19(17-9-8-16(20)10-13(17)2)12-15-11-14-6-4-5-7-18(14)15/h4-10,15,19,21H,3,11-12H2,1-2H3. The molecule has 1 aliphatic rings. The molecule has 0 aromatic heterocycles. The summed E-state index contributed by atoms with van der Waals surface area (Å²) in [7, 11) is 0. The van der Waals surface area contributed by atoms with E-state index in [1.165, 1.54) is 28.7 Å². The highest BCUT2D eigenvalue weighted by molar-refractivity contribution is 6.30. The highest BCUT2D eigenvalue weighted by atomic mass is 35.5. The number of hydrogen-bond donors (Lipinski definition) is 1. The van der Waals surface area contributed by atoms with Gasteiger partial charge in [0.25, 0.3) is 0 Å². The van der Waals surface area contributed by atoms with Gasteiger partial charge in [-0.3, -0.25) is 0 Å². The van der Waals surface area contributed by atoms with Gasteiger partial charge in [-0.15, -0.1) is 0 Å². The molecule has 0 saturated carbocycles. The molecule has 0 bridgehead atoms. The Morgan fingerprint density at radius 2 is 2.05 bits per heavy atom. The Bertz CT molecular complexity index is 635. The Morgan fingerprint density at radius 1 is 1.24 bits per heavy atom. The largest absolute Gasteiger partial charge is 0.310 e. The molecule has 1 aliphatic carbocycles. The normalized spacial score (nSPS) is 18.0. The molecule has 0 heterocycles.